The van der Waals surface area contributed by atoms with Crippen molar-refractivity contribution >= 4 is 11.9 Å². The van der Waals surface area contributed by atoms with Crippen LogP contribution in [0.5, 0.6) is 11.5 Å². The summed E-state index contributed by atoms with van der Waals surface area (Å²) in [6, 6.07) is 13.7. The van der Waals surface area contributed by atoms with E-state index in [9.17, 15) is 14.0 Å². The van der Waals surface area contributed by atoms with Gasteiger partial charge in [-0.15, -0.1) is 0 Å². The Bertz CT molecular complexity index is 1190. The van der Waals surface area contributed by atoms with E-state index in [0.29, 0.717) is 30.2 Å². The molecule has 1 amide bonds. The molecule has 7 nitrogen and oxygen atoms in total. The lowest BCUT2D eigenvalue weighted by Crippen LogP contribution is -2.24. The number of likely N-dealkylation sites (tertiary alicyclic amines) is 1. The van der Waals surface area contributed by atoms with E-state index in [1.807, 2.05) is 24.3 Å². The van der Waals surface area contributed by atoms with Crippen molar-refractivity contribution in [3.63, 3.8) is 0 Å². The molecule has 1 aliphatic rings. The number of esters is 1. The lowest BCUT2D eigenvalue weighted by molar-refractivity contribution is -0.128. The molecule has 0 saturated carbocycles. The summed E-state index contributed by atoms with van der Waals surface area (Å²) in [6.45, 7) is 4.92. The second kappa shape index (κ2) is 9.99. The molecule has 0 atom stereocenters. The Hall–Kier alpha value is -3.81. The van der Waals surface area contributed by atoms with Gasteiger partial charge in [0.2, 0.25) is 5.91 Å². The first-order valence-electron chi connectivity index (χ1n) is 11.2. The molecule has 8 heteroatoms. The van der Waals surface area contributed by atoms with Crippen LogP contribution in [0.3, 0.4) is 0 Å². The maximum atomic E-state index is 14.6. The summed E-state index contributed by atoms with van der Waals surface area (Å²) < 4.78 is 25.4. The number of nitrogens with zero attached hydrogens (tertiary/aromatic N) is 3. The molecule has 176 valence electrons. The zero-order chi connectivity index (χ0) is 24.2. The standard InChI is InChI=1S/C26H26FN3O4/c1-16(2)22-10-11-23(29-28-22)17-6-8-19(9-7-17)34-24-14-20(26(32)33-3)21(27)13-18(24)15-30-12-4-5-25(30)31/h6-11,13-14,16H,4-5,12,15H2,1-3H3. The summed E-state index contributed by atoms with van der Waals surface area (Å²) in [6.07, 6.45) is 1.24. The molecule has 1 aromatic heterocycles. The summed E-state index contributed by atoms with van der Waals surface area (Å²) in [5.41, 5.74) is 2.77. The van der Waals surface area contributed by atoms with Gasteiger partial charge in [0.1, 0.15) is 17.3 Å². The number of rotatable bonds is 7. The molecule has 0 unspecified atom stereocenters. The fourth-order valence-electron chi connectivity index (χ4n) is 3.78. The van der Waals surface area contributed by atoms with Gasteiger partial charge in [-0.2, -0.15) is 10.2 Å². The summed E-state index contributed by atoms with van der Waals surface area (Å²) in [5.74, 6) is -0.433. The number of benzene rings is 2. The van der Waals surface area contributed by atoms with Gasteiger partial charge in [0.25, 0.3) is 0 Å². The Labute approximate surface area is 197 Å². The summed E-state index contributed by atoms with van der Waals surface area (Å²) >= 11 is 0. The number of halogens is 1. The first-order chi connectivity index (χ1) is 16.4. The van der Waals surface area contributed by atoms with E-state index in [1.165, 1.54) is 19.2 Å². The molecule has 0 aliphatic carbocycles. The van der Waals surface area contributed by atoms with Crippen LogP contribution in [0.25, 0.3) is 11.3 Å². The fraction of sp³-hybridized carbons (Fsp3) is 0.308. The van der Waals surface area contributed by atoms with Crippen molar-refractivity contribution < 1.29 is 23.5 Å². The lowest BCUT2D eigenvalue weighted by Gasteiger charge is -2.19. The number of carbonyl (C=O) groups is 2. The number of hydrogen-bond donors (Lipinski definition) is 0. The van der Waals surface area contributed by atoms with Gasteiger partial charge in [-0.25, -0.2) is 9.18 Å². The number of amides is 1. The predicted molar refractivity (Wildman–Crippen MR) is 124 cm³/mol. The molecular weight excluding hydrogens is 437 g/mol. The molecule has 2 aromatic carbocycles. The number of hydrogen-bond acceptors (Lipinski definition) is 6. The second-order valence-corrected chi connectivity index (χ2v) is 8.47. The zero-order valence-corrected chi connectivity index (χ0v) is 19.4. The van der Waals surface area contributed by atoms with Gasteiger partial charge in [0.15, 0.2) is 0 Å². The lowest BCUT2D eigenvalue weighted by atomic mass is 10.1. The molecule has 0 bridgehead atoms. The van der Waals surface area contributed by atoms with Gasteiger partial charge < -0.3 is 14.4 Å². The van der Waals surface area contributed by atoms with Crippen LogP contribution in [-0.2, 0) is 16.1 Å². The minimum absolute atomic E-state index is 0.0114. The Morgan fingerprint density at radius 2 is 1.88 bits per heavy atom. The van der Waals surface area contributed by atoms with E-state index in [2.05, 4.69) is 28.8 Å². The monoisotopic (exact) mass is 463 g/mol. The molecule has 1 saturated heterocycles. The Kier molecular flexibility index (Phi) is 6.86. The van der Waals surface area contributed by atoms with E-state index in [4.69, 9.17) is 4.74 Å². The van der Waals surface area contributed by atoms with E-state index >= 15 is 0 Å². The Morgan fingerprint density at radius 1 is 1.12 bits per heavy atom. The quantitative estimate of drug-likeness (QED) is 0.453. The first kappa shape index (κ1) is 23.4. The molecule has 2 heterocycles. The average Bonchev–Trinajstić information content (AvgIpc) is 3.25. The third kappa shape index (κ3) is 5.06. The van der Waals surface area contributed by atoms with Crippen LogP contribution in [0, 0.1) is 5.82 Å². The van der Waals surface area contributed by atoms with E-state index < -0.39 is 11.8 Å². The van der Waals surface area contributed by atoms with Crippen molar-refractivity contribution in [2.45, 2.75) is 39.2 Å². The van der Waals surface area contributed by atoms with Crippen molar-refractivity contribution in [1.29, 1.82) is 0 Å². The van der Waals surface area contributed by atoms with Crippen LogP contribution in [-0.4, -0.2) is 40.6 Å². The topological polar surface area (TPSA) is 81.6 Å². The number of methoxy groups -OCH3 is 1. The van der Waals surface area contributed by atoms with Gasteiger partial charge in [-0.3, -0.25) is 4.79 Å². The highest BCUT2D eigenvalue weighted by molar-refractivity contribution is 5.90. The third-order valence-electron chi connectivity index (χ3n) is 5.74. The van der Waals surface area contributed by atoms with Crippen LogP contribution >= 0.6 is 0 Å². The van der Waals surface area contributed by atoms with Crippen molar-refractivity contribution in [2.75, 3.05) is 13.7 Å². The average molecular weight is 464 g/mol. The summed E-state index contributed by atoms with van der Waals surface area (Å²) in [5, 5.41) is 8.55. The zero-order valence-electron chi connectivity index (χ0n) is 19.4. The molecule has 0 spiro atoms. The number of ether oxygens (including phenoxy) is 2. The van der Waals surface area contributed by atoms with Gasteiger partial charge in [-0.05, 0) is 60.9 Å². The Morgan fingerprint density at radius 3 is 2.47 bits per heavy atom. The molecular formula is C26H26FN3O4. The van der Waals surface area contributed by atoms with E-state index in [0.717, 1.165) is 23.4 Å². The van der Waals surface area contributed by atoms with Gasteiger partial charge in [0.05, 0.1) is 24.1 Å². The second-order valence-electron chi connectivity index (χ2n) is 8.47. The van der Waals surface area contributed by atoms with Crippen molar-refractivity contribution in [3.05, 3.63) is 71.2 Å². The molecule has 0 radical (unpaired) electrons. The highest BCUT2D eigenvalue weighted by atomic mass is 19.1. The van der Waals surface area contributed by atoms with Gasteiger partial charge in [-0.1, -0.05) is 13.8 Å². The highest BCUT2D eigenvalue weighted by Crippen LogP contribution is 2.32. The van der Waals surface area contributed by atoms with E-state index in [1.54, 1.807) is 17.0 Å². The van der Waals surface area contributed by atoms with Crippen molar-refractivity contribution in [3.8, 4) is 22.8 Å². The molecule has 1 aliphatic heterocycles. The Balaban J connectivity index is 1.60. The molecule has 0 N–H and O–H groups in total. The minimum atomic E-state index is -0.801. The van der Waals surface area contributed by atoms with Crippen molar-refractivity contribution in [1.82, 2.24) is 15.1 Å². The van der Waals surface area contributed by atoms with Crippen LogP contribution in [0.2, 0.25) is 0 Å². The van der Waals surface area contributed by atoms with Crippen molar-refractivity contribution in [2.24, 2.45) is 0 Å². The summed E-state index contributed by atoms with van der Waals surface area (Å²) in [4.78, 5) is 25.8. The molecule has 34 heavy (non-hydrogen) atoms. The normalized spacial score (nSPS) is 13.4. The first-order valence-corrected chi connectivity index (χ1v) is 11.2. The third-order valence-corrected chi connectivity index (χ3v) is 5.74. The fourth-order valence-corrected chi connectivity index (χ4v) is 3.78. The van der Waals surface area contributed by atoms with Gasteiger partial charge >= 0.3 is 5.97 Å². The summed E-state index contributed by atoms with van der Waals surface area (Å²) in [7, 11) is 1.19. The van der Waals surface area contributed by atoms with Crippen LogP contribution in [0.15, 0.2) is 48.5 Å². The number of carbonyl (C=O) groups excluding carboxylic acids is 2. The molecule has 4 rings (SSSR count). The minimum Gasteiger partial charge on any atom is -0.465 e. The molecule has 3 aromatic rings. The molecule has 1 fully saturated rings. The predicted octanol–water partition coefficient (Wildman–Crippen LogP) is 5.11. The SMILES string of the molecule is COC(=O)c1cc(Oc2ccc(-c3ccc(C(C)C)nn3)cc2)c(CN2CCCC2=O)cc1F. The number of aromatic nitrogens is 2. The maximum absolute atomic E-state index is 14.6. The largest absolute Gasteiger partial charge is 0.465 e. The van der Waals surface area contributed by atoms with E-state index in [-0.39, 0.29) is 23.8 Å². The highest BCUT2D eigenvalue weighted by Gasteiger charge is 2.24. The van der Waals surface area contributed by atoms with Crippen LogP contribution < -0.4 is 4.74 Å². The smallest absolute Gasteiger partial charge is 0.340 e. The van der Waals surface area contributed by atoms with Crippen LogP contribution in [0.4, 0.5) is 4.39 Å². The van der Waals surface area contributed by atoms with Crippen LogP contribution in [0.1, 0.15) is 54.2 Å². The maximum Gasteiger partial charge on any atom is 0.340 e. The van der Waals surface area contributed by atoms with Gasteiger partial charge in [0, 0.05) is 30.6 Å².